The van der Waals surface area contributed by atoms with E-state index in [4.69, 9.17) is 26.8 Å². The number of hydrogen-bond acceptors (Lipinski definition) is 4. The third-order valence-electron chi connectivity index (χ3n) is 2.66. The van der Waals surface area contributed by atoms with Crippen LogP contribution in [0.5, 0.6) is 11.5 Å². The van der Waals surface area contributed by atoms with E-state index in [9.17, 15) is 0 Å². The van der Waals surface area contributed by atoms with Crippen LogP contribution >= 0.6 is 11.6 Å². The lowest BCUT2D eigenvalue weighted by molar-refractivity contribution is 0.402. The molecule has 5 nitrogen and oxygen atoms in total. The van der Waals surface area contributed by atoms with Gasteiger partial charge in [0, 0.05) is 6.07 Å². The summed E-state index contributed by atoms with van der Waals surface area (Å²) in [5.41, 5.74) is 7.87. The van der Waals surface area contributed by atoms with E-state index in [0.29, 0.717) is 33.6 Å². The molecule has 0 aliphatic carbocycles. The van der Waals surface area contributed by atoms with E-state index >= 15 is 0 Å². The number of aromatic nitrogens is 2. The summed E-state index contributed by atoms with van der Waals surface area (Å²) in [6.07, 6.45) is 0. The first-order valence-corrected chi connectivity index (χ1v) is 5.68. The van der Waals surface area contributed by atoms with Crippen LogP contribution in [-0.4, -0.2) is 24.4 Å². The summed E-state index contributed by atoms with van der Waals surface area (Å²) < 4.78 is 10.6. The summed E-state index contributed by atoms with van der Waals surface area (Å²) in [4.78, 5) is 0. The number of H-pyrrole nitrogens is 1. The Balaban J connectivity index is 2.71. The molecule has 2 rings (SSSR count). The molecule has 0 aliphatic rings. The summed E-state index contributed by atoms with van der Waals surface area (Å²) >= 11 is 6.35. The first kappa shape index (κ1) is 12.6. The van der Waals surface area contributed by atoms with Crippen molar-refractivity contribution < 1.29 is 9.47 Å². The molecule has 1 heterocycles. The zero-order valence-electron chi connectivity index (χ0n) is 10.4. The van der Waals surface area contributed by atoms with Crippen LogP contribution in [0.4, 0.5) is 5.82 Å². The van der Waals surface area contributed by atoms with Crippen LogP contribution < -0.4 is 15.2 Å². The van der Waals surface area contributed by atoms with E-state index in [-0.39, 0.29) is 0 Å². The average molecular weight is 268 g/mol. The molecule has 0 saturated carbocycles. The van der Waals surface area contributed by atoms with E-state index in [2.05, 4.69) is 10.2 Å². The van der Waals surface area contributed by atoms with E-state index in [1.54, 1.807) is 20.3 Å². The predicted molar refractivity (Wildman–Crippen MR) is 71.3 cm³/mol. The smallest absolute Gasteiger partial charge is 0.145 e. The Hall–Kier alpha value is -1.88. The van der Waals surface area contributed by atoms with Gasteiger partial charge in [-0.1, -0.05) is 11.6 Å². The number of nitrogen functional groups attached to an aromatic ring is 1. The lowest BCUT2D eigenvalue weighted by atomic mass is 10.1. The summed E-state index contributed by atoms with van der Waals surface area (Å²) in [7, 11) is 3.16. The lowest BCUT2D eigenvalue weighted by Gasteiger charge is -2.14. The van der Waals surface area contributed by atoms with Crippen molar-refractivity contribution in [1.82, 2.24) is 10.2 Å². The predicted octanol–water partition coefficient (Wildman–Crippen LogP) is 2.64. The quantitative estimate of drug-likeness (QED) is 0.897. The number of aromatic amines is 1. The molecule has 0 fully saturated rings. The Morgan fingerprint density at radius 2 is 2.00 bits per heavy atom. The van der Waals surface area contributed by atoms with Gasteiger partial charge >= 0.3 is 0 Å². The highest BCUT2D eigenvalue weighted by Gasteiger charge is 2.19. The number of ether oxygens (including phenoxy) is 2. The highest BCUT2D eigenvalue weighted by atomic mass is 35.5. The van der Waals surface area contributed by atoms with Crippen LogP contribution in [0.1, 0.15) is 5.56 Å². The van der Waals surface area contributed by atoms with Crippen LogP contribution in [-0.2, 0) is 0 Å². The van der Waals surface area contributed by atoms with Crippen molar-refractivity contribution in [3.63, 3.8) is 0 Å². The molecule has 0 aliphatic heterocycles. The van der Waals surface area contributed by atoms with E-state index in [0.717, 1.165) is 5.56 Å². The number of anilines is 1. The maximum Gasteiger partial charge on any atom is 0.145 e. The Kier molecular flexibility index (Phi) is 3.34. The Morgan fingerprint density at radius 1 is 1.28 bits per heavy atom. The minimum absolute atomic E-state index is 0.391. The van der Waals surface area contributed by atoms with Crippen LogP contribution in [0.15, 0.2) is 12.1 Å². The molecule has 1 aromatic heterocycles. The number of hydrogen-bond donors (Lipinski definition) is 2. The number of rotatable bonds is 3. The van der Waals surface area contributed by atoms with Gasteiger partial charge in [-0.3, -0.25) is 5.10 Å². The normalized spacial score (nSPS) is 10.4. The molecule has 3 N–H and O–H groups in total. The minimum atomic E-state index is 0.391. The van der Waals surface area contributed by atoms with E-state index in [1.165, 1.54) is 0 Å². The van der Waals surface area contributed by atoms with Crippen molar-refractivity contribution in [3.8, 4) is 22.8 Å². The van der Waals surface area contributed by atoms with E-state index in [1.807, 2.05) is 13.0 Å². The van der Waals surface area contributed by atoms with Gasteiger partial charge in [0.25, 0.3) is 0 Å². The Labute approximate surface area is 110 Å². The van der Waals surface area contributed by atoms with Crippen molar-refractivity contribution >= 4 is 17.4 Å². The number of nitrogens with two attached hydrogens (primary N) is 1. The fraction of sp³-hybridized carbons (Fsp3) is 0.250. The Morgan fingerprint density at radius 3 is 2.50 bits per heavy atom. The van der Waals surface area contributed by atoms with Gasteiger partial charge in [0.1, 0.15) is 17.3 Å². The number of nitrogens with zero attached hydrogens (tertiary/aromatic N) is 1. The molecule has 0 bridgehead atoms. The zero-order chi connectivity index (χ0) is 13.3. The maximum atomic E-state index is 6.35. The minimum Gasteiger partial charge on any atom is -0.496 e. The van der Waals surface area contributed by atoms with Crippen molar-refractivity contribution in [2.45, 2.75) is 6.92 Å². The topological polar surface area (TPSA) is 73.2 Å². The van der Waals surface area contributed by atoms with Gasteiger partial charge in [0.15, 0.2) is 0 Å². The average Bonchev–Trinajstić information content (AvgIpc) is 2.75. The molecule has 2 aromatic rings. The zero-order valence-corrected chi connectivity index (χ0v) is 11.1. The number of benzene rings is 1. The number of aryl methyl sites for hydroxylation is 1. The van der Waals surface area contributed by atoms with Crippen molar-refractivity contribution in [2.24, 2.45) is 0 Å². The first-order valence-electron chi connectivity index (χ1n) is 5.30. The standard InChI is InChI=1S/C12H14ClN3O2/c1-6-4-8(17-2)10(11(13)12(6)18-3)7-5-9(14)16-15-7/h4-5H,1-3H3,(H3,14,15,16). The molecule has 6 heteroatoms. The summed E-state index contributed by atoms with van der Waals surface area (Å²) in [5, 5.41) is 7.17. The summed E-state index contributed by atoms with van der Waals surface area (Å²) in [6.45, 7) is 1.90. The largest absolute Gasteiger partial charge is 0.496 e. The Bertz CT molecular complexity index is 581. The number of halogens is 1. The van der Waals surface area contributed by atoms with Crippen molar-refractivity contribution in [1.29, 1.82) is 0 Å². The fourth-order valence-corrected chi connectivity index (χ4v) is 2.28. The second kappa shape index (κ2) is 4.78. The maximum absolute atomic E-state index is 6.35. The second-order valence-corrected chi connectivity index (χ2v) is 4.20. The molecular formula is C12H14ClN3O2. The van der Waals surface area contributed by atoms with Gasteiger partial charge in [-0.05, 0) is 18.6 Å². The highest BCUT2D eigenvalue weighted by Crippen LogP contribution is 2.43. The first-order chi connectivity index (χ1) is 8.58. The van der Waals surface area contributed by atoms with Gasteiger partial charge in [0.2, 0.25) is 0 Å². The van der Waals surface area contributed by atoms with Crippen LogP contribution in [0.25, 0.3) is 11.3 Å². The van der Waals surface area contributed by atoms with Gasteiger partial charge in [0.05, 0.1) is 30.5 Å². The van der Waals surface area contributed by atoms with Gasteiger partial charge in [-0.25, -0.2) is 0 Å². The molecule has 0 saturated heterocycles. The molecular weight excluding hydrogens is 254 g/mol. The molecule has 0 amide bonds. The molecule has 1 aromatic carbocycles. The van der Waals surface area contributed by atoms with Crippen LogP contribution in [0.3, 0.4) is 0 Å². The molecule has 96 valence electrons. The van der Waals surface area contributed by atoms with Crippen LogP contribution in [0.2, 0.25) is 5.02 Å². The molecule has 18 heavy (non-hydrogen) atoms. The van der Waals surface area contributed by atoms with Gasteiger partial charge in [-0.15, -0.1) is 0 Å². The molecule has 0 atom stereocenters. The third kappa shape index (κ3) is 1.97. The fourth-order valence-electron chi connectivity index (χ4n) is 1.86. The summed E-state index contributed by atoms with van der Waals surface area (Å²) in [6, 6.07) is 3.55. The molecule has 0 spiro atoms. The van der Waals surface area contributed by atoms with Gasteiger partial charge < -0.3 is 15.2 Å². The monoisotopic (exact) mass is 267 g/mol. The van der Waals surface area contributed by atoms with Crippen molar-refractivity contribution in [2.75, 3.05) is 20.0 Å². The van der Waals surface area contributed by atoms with Crippen molar-refractivity contribution in [3.05, 3.63) is 22.7 Å². The van der Waals surface area contributed by atoms with Crippen LogP contribution in [0, 0.1) is 6.92 Å². The third-order valence-corrected chi connectivity index (χ3v) is 3.02. The second-order valence-electron chi connectivity index (χ2n) is 3.82. The molecule has 0 unspecified atom stereocenters. The van der Waals surface area contributed by atoms with Gasteiger partial charge in [-0.2, -0.15) is 5.10 Å². The summed E-state index contributed by atoms with van der Waals surface area (Å²) in [5.74, 6) is 1.64. The number of nitrogens with one attached hydrogen (secondary N) is 1. The number of methoxy groups -OCH3 is 2. The van der Waals surface area contributed by atoms with E-state index < -0.39 is 0 Å². The highest BCUT2D eigenvalue weighted by molar-refractivity contribution is 6.35. The lowest BCUT2D eigenvalue weighted by Crippen LogP contribution is -1.95. The molecule has 0 radical (unpaired) electrons. The SMILES string of the molecule is COc1cc(C)c(OC)c(Cl)c1-c1cc(N)n[nH]1.